The van der Waals surface area contributed by atoms with Crippen molar-refractivity contribution >= 4 is 20.0 Å². The highest BCUT2D eigenvalue weighted by Gasteiger charge is 2.40. The fourth-order valence-corrected chi connectivity index (χ4v) is 1.23. The van der Waals surface area contributed by atoms with Crippen molar-refractivity contribution in [3.8, 4) is 0 Å². The molecule has 0 fully saturated rings. The van der Waals surface area contributed by atoms with E-state index in [0.29, 0.717) is 6.61 Å². The molecule has 94 valence electrons. The highest BCUT2D eigenvalue weighted by molar-refractivity contribution is 6.74. The summed E-state index contributed by atoms with van der Waals surface area (Å²) in [5.74, 6) is -0.416. The van der Waals surface area contributed by atoms with E-state index in [9.17, 15) is 4.79 Å². The molecule has 0 N–H and O–H groups in total. The second-order valence-electron chi connectivity index (χ2n) is 5.25. The van der Waals surface area contributed by atoms with Crippen molar-refractivity contribution in [2.24, 2.45) is 5.16 Å². The maximum absolute atomic E-state index is 11.3. The molecule has 4 nitrogen and oxygen atoms in total. The minimum atomic E-state index is -1.93. The molecule has 0 aliphatic carbocycles. The highest BCUT2D eigenvalue weighted by atomic mass is 28.4. The number of nitrogens with zero attached hydrogens (tertiary/aromatic N) is 1. The fraction of sp³-hybridized carbons (Fsp3) is 0.818. The van der Waals surface area contributed by atoms with Crippen LogP contribution in [-0.4, -0.2) is 26.6 Å². The molecule has 0 saturated heterocycles. The Kier molecular flexibility index (Phi) is 5.19. The van der Waals surface area contributed by atoms with Gasteiger partial charge >= 0.3 is 5.97 Å². The maximum Gasteiger partial charge on any atom is 0.355 e. The van der Waals surface area contributed by atoms with Crippen LogP contribution in [0.5, 0.6) is 0 Å². The van der Waals surface area contributed by atoms with E-state index in [0.717, 1.165) is 0 Å². The molecule has 0 aliphatic heterocycles. The van der Waals surface area contributed by atoms with Crippen LogP contribution in [0.2, 0.25) is 18.1 Å². The number of hydrogen-bond acceptors (Lipinski definition) is 4. The van der Waals surface area contributed by atoms with Gasteiger partial charge in [0.05, 0.1) is 6.61 Å². The van der Waals surface area contributed by atoms with Crippen LogP contribution < -0.4 is 0 Å². The molecule has 16 heavy (non-hydrogen) atoms. The standard InChI is InChI=1S/C11H23NO3Si/c1-8-14-10(13)9(2)12-15-16(6,7)11(3,4)5/h8H2,1-7H3/b12-9+. The van der Waals surface area contributed by atoms with Crippen LogP contribution in [0, 0.1) is 0 Å². The van der Waals surface area contributed by atoms with Gasteiger partial charge in [0.25, 0.3) is 8.32 Å². The molecule has 0 aliphatic rings. The Bertz CT molecular complexity index is 279. The second-order valence-corrected chi connectivity index (χ2v) is 9.95. The van der Waals surface area contributed by atoms with Gasteiger partial charge in [-0.15, -0.1) is 0 Å². The van der Waals surface area contributed by atoms with Crippen LogP contribution in [0.3, 0.4) is 0 Å². The third-order valence-electron chi connectivity index (χ3n) is 2.79. The lowest BCUT2D eigenvalue weighted by Crippen LogP contribution is -2.39. The summed E-state index contributed by atoms with van der Waals surface area (Å²) in [6.07, 6.45) is 0. The highest BCUT2D eigenvalue weighted by Crippen LogP contribution is 2.36. The fourth-order valence-electron chi connectivity index (χ4n) is 0.592. The molecule has 5 heteroatoms. The first-order chi connectivity index (χ1) is 7.12. The first-order valence-corrected chi connectivity index (χ1v) is 8.42. The number of carbonyl (C=O) groups excluding carboxylic acids is 1. The Morgan fingerprint density at radius 1 is 1.31 bits per heavy atom. The summed E-state index contributed by atoms with van der Waals surface area (Å²) in [5.41, 5.74) is 0.270. The normalized spacial score (nSPS) is 13.6. The van der Waals surface area contributed by atoms with Crippen molar-refractivity contribution in [3.05, 3.63) is 0 Å². The molecule has 0 spiro atoms. The summed E-state index contributed by atoms with van der Waals surface area (Å²) in [6, 6.07) is 0. The van der Waals surface area contributed by atoms with Crippen molar-refractivity contribution < 1.29 is 14.1 Å². The van der Waals surface area contributed by atoms with Gasteiger partial charge in [-0.3, -0.25) is 0 Å². The van der Waals surface area contributed by atoms with Crippen molar-refractivity contribution in [1.29, 1.82) is 0 Å². The lowest BCUT2D eigenvalue weighted by Gasteiger charge is -2.33. The molecule has 0 radical (unpaired) electrons. The Morgan fingerprint density at radius 2 is 1.81 bits per heavy atom. The summed E-state index contributed by atoms with van der Waals surface area (Å²) in [4.78, 5) is 11.3. The van der Waals surface area contributed by atoms with Crippen molar-refractivity contribution in [2.75, 3.05) is 6.61 Å². The molecule has 0 aromatic heterocycles. The largest absolute Gasteiger partial charge is 0.461 e. The quantitative estimate of drug-likeness (QED) is 0.331. The lowest BCUT2D eigenvalue weighted by atomic mass is 10.2. The van der Waals surface area contributed by atoms with Gasteiger partial charge in [0.2, 0.25) is 0 Å². The number of oxime groups is 1. The van der Waals surface area contributed by atoms with Crippen LogP contribution in [0.1, 0.15) is 34.6 Å². The van der Waals surface area contributed by atoms with E-state index in [-0.39, 0.29) is 10.7 Å². The SMILES string of the molecule is CCOC(=O)/C(C)=N/O[Si](C)(C)C(C)(C)C. The van der Waals surface area contributed by atoms with Crippen molar-refractivity contribution in [3.63, 3.8) is 0 Å². The average Bonchev–Trinajstić information content (AvgIpc) is 2.12. The van der Waals surface area contributed by atoms with Crippen molar-refractivity contribution in [1.82, 2.24) is 0 Å². The van der Waals surface area contributed by atoms with E-state index in [1.807, 2.05) is 0 Å². The predicted molar refractivity (Wildman–Crippen MR) is 68.0 cm³/mol. The molecule has 0 atom stereocenters. The van der Waals surface area contributed by atoms with Crippen LogP contribution in [0.25, 0.3) is 0 Å². The summed E-state index contributed by atoms with van der Waals surface area (Å²) in [7, 11) is -1.93. The van der Waals surface area contributed by atoms with Gasteiger partial charge in [-0.25, -0.2) is 4.79 Å². The molecule has 0 aromatic carbocycles. The zero-order valence-corrected chi connectivity index (χ0v) is 12.4. The smallest absolute Gasteiger partial charge is 0.355 e. The molecule has 0 heterocycles. The van der Waals surface area contributed by atoms with E-state index in [4.69, 9.17) is 9.26 Å². The summed E-state index contributed by atoms with van der Waals surface area (Å²) in [5, 5.41) is 3.96. The Hall–Kier alpha value is -0.843. The molecule has 0 amide bonds. The predicted octanol–water partition coefficient (Wildman–Crippen LogP) is 2.95. The summed E-state index contributed by atoms with van der Waals surface area (Å²) in [6.45, 7) is 14.2. The second kappa shape index (κ2) is 5.47. The van der Waals surface area contributed by atoms with Crippen LogP contribution >= 0.6 is 0 Å². The minimum Gasteiger partial charge on any atom is -0.461 e. The van der Waals surface area contributed by atoms with Crippen LogP contribution in [0.4, 0.5) is 0 Å². The van der Waals surface area contributed by atoms with E-state index >= 15 is 0 Å². The van der Waals surface area contributed by atoms with Gasteiger partial charge < -0.3 is 9.26 Å². The molecule has 0 aromatic rings. The first-order valence-electron chi connectivity index (χ1n) is 5.51. The number of esters is 1. The molecular weight excluding hydrogens is 222 g/mol. The van der Waals surface area contributed by atoms with E-state index in [1.165, 1.54) is 0 Å². The number of carbonyl (C=O) groups is 1. The zero-order valence-electron chi connectivity index (χ0n) is 11.4. The topological polar surface area (TPSA) is 47.9 Å². The van der Waals surface area contributed by atoms with Gasteiger partial charge in [-0.05, 0) is 32.0 Å². The molecule has 0 bridgehead atoms. The Morgan fingerprint density at radius 3 is 2.19 bits per heavy atom. The van der Waals surface area contributed by atoms with Gasteiger partial charge in [0.15, 0.2) is 5.71 Å². The molecule has 0 unspecified atom stereocenters. The number of rotatable bonds is 4. The summed E-state index contributed by atoms with van der Waals surface area (Å²) < 4.78 is 10.4. The summed E-state index contributed by atoms with van der Waals surface area (Å²) >= 11 is 0. The third kappa shape index (κ3) is 4.34. The van der Waals surface area contributed by atoms with Gasteiger partial charge in [-0.2, -0.15) is 0 Å². The van der Waals surface area contributed by atoms with E-state index in [1.54, 1.807) is 13.8 Å². The third-order valence-corrected chi connectivity index (χ3v) is 6.95. The van der Waals surface area contributed by atoms with Crippen molar-refractivity contribution in [2.45, 2.75) is 52.8 Å². The Labute approximate surface area is 99.1 Å². The van der Waals surface area contributed by atoms with E-state index in [2.05, 4.69) is 39.0 Å². The van der Waals surface area contributed by atoms with Crippen LogP contribution in [0.15, 0.2) is 5.16 Å². The van der Waals surface area contributed by atoms with E-state index < -0.39 is 14.3 Å². The first kappa shape index (κ1) is 15.2. The average molecular weight is 245 g/mol. The van der Waals surface area contributed by atoms with Gasteiger partial charge in [0, 0.05) is 0 Å². The Balaban J connectivity index is 4.54. The number of ether oxygens (including phenoxy) is 1. The minimum absolute atomic E-state index is 0.0748. The molecule has 0 rings (SSSR count). The zero-order chi connectivity index (χ0) is 13.0. The monoisotopic (exact) mass is 245 g/mol. The van der Waals surface area contributed by atoms with Gasteiger partial charge in [0.1, 0.15) is 0 Å². The van der Waals surface area contributed by atoms with Gasteiger partial charge in [-0.1, -0.05) is 25.9 Å². The molecular formula is C11H23NO3Si. The molecule has 0 saturated carbocycles. The number of hydrogen-bond donors (Lipinski definition) is 0. The van der Waals surface area contributed by atoms with Crippen LogP contribution in [-0.2, 0) is 14.1 Å². The lowest BCUT2D eigenvalue weighted by molar-refractivity contribution is -0.135. The maximum atomic E-state index is 11.3.